The summed E-state index contributed by atoms with van der Waals surface area (Å²) in [6, 6.07) is 24.7. The highest BCUT2D eigenvalue weighted by Gasteiger charge is 2.28. The summed E-state index contributed by atoms with van der Waals surface area (Å²) in [6.45, 7) is 2.96. The number of carboxylic acid groups (broad SMARTS) is 1. The van der Waals surface area contributed by atoms with Crippen molar-refractivity contribution in [2.24, 2.45) is 0 Å². The number of ether oxygens (including phenoxy) is 1. The quantitative estimate of drug-likeness (QED) is 0.340. The van der Waals surface area contributed by atoms with E-state index in [0.717, 1.165) is 43.8 Å². The molecule has 0 bridgehead atoms. The smallest absolute Gasteiger partial charge is 0.304 e. The number of hydrogen-bond acceptors (Lipinski definition) is 5. The van der Waals surface area contributed by atoms with Crippen LogP contribution in [0, 0.1) is 0 Å². The summed E-state index contributed by atoms with van der Waals surface area (Å²) in [5.74, 6) is -0.451. The zero-order valence-electron chi connectivity index (χ0n) is 20.0. The summed E-state index contributed by atoms with van der Waals surface area (Å²) in [5.41, 5.74) is 8.45. The molecule has 0 saturated carbocycles. The Balaban J connectivity index is 1.15. The molecule has 182 valence electrons. The molecule has 2 heterocycles. The average Bonchev–Trinajstić information content (AvgIpc) is 3.64. The molecule has 6 nitrogen and oxygen atoms in total. The summed E-state index contributed by atoms with van der Waals surface area (Å²) in [7, 11) is 0. The number of aromatic nitrogens is 1. The molecule has 0 spiro atoms. The van der Waals surface area contributed by atoms with Crippen LogP contribution in [0.2, 0.25) is 0 Å². The van der Waals surface area contributed by atoms with E-state index in [2.05, 4.69) is 52.5 Å². The third-order valence-corrected chi connectivity index (χ3v) is 7.37. The minimum atomic E-state index is -0.875. The van der Waals surface area contributed by atoms with Crippen molar-refractivity contribution >= 4 is 5.97 Å². The first-order valence-electron chi connectivity index (χ1n) is 12.4. The fourth-order valence-corrected chi connectivity index (χ4v) is 5.63. The van der Waals surface area contributed by atoms with Crippen LogP contribution in [0.3, 0.4) is 0 Å². The van der Waals surface area contributed by atoms with Gasteiger partial charge >= 0.3 is 5.97 Å². The van der Waals surface area contributed by atoms with Gasteiger partial charge in [-0.1, -0.05) is 59.8 Å². The first kappa shape index (κ1) is 22.6. The Labute approximate surface area is 210 Å². The highest BCUT2D eigenvalue weighted by molar-refractivity contribution is 5.68. The van der Waals surface area contributed by atoms with Crippen molar-refractivity contribution in [3.05, 3.63) is 118 Å². The summed E-state index contributed by atoms with van der Waals surface area (Å²) in [6.07, 6.45) is 3.41. The van der Waals surface area contributed by atoms with E-state index in [9.17, 15) is 9.90 Å². The van der Waals surface area contributed by atoms with Crippen LogP contribution >= 0.6 is 0 Å². The van der Waals surface area contributed by atoms with Gasteiger partial charge in [-0.3, -0.25) is 9.69 Å². The summed E-state index contributed by atoms with van der Waals surface area (Å²) in [5, 5.41) is 13.3. The van der Waals surface area contributed by atoms with Crippen molar-refractivity contribution in [3.63, 3.8) is 0 Å². The van der Waals surface area contributed by atoms with E-state index in [-0.39, 0.29) is 18.4 Å². The van der Waals surface area contributed by atoms with E-state index < -0.39 is 5.97 Å². The van der Waals surface area contributed by atoms with Crippen molar-refractivity contribution in [2.45, 2.75) is 50.9 Å². The Morgan fingerprint density at radius 3 is 2.50 bits per heavy atom. The molecule has 4 aromatic rings. The highest BCUT2D eigenvalue weighted by atomic mass is 16.5. The maximum Gasteiger partial charge on any atom is 0.304 e. The lowest BCUT2D eigenvalue weighted by Gasteiger charge is -2.19. The second-order valence-electron chi connectivity index (χ2n) is 9.69. The summed E-state index contributed by atoms with van der Waals surface area (Å²) >= 11 is 0. The highest BCUT2D eigenvalue weighted by Crippen LogP contribution is 2.38. The molecule has 1 unspecified atom stereocenters. The molecular weight excluding hydrogens is 452 g/mol. The number of fused-ring (bicyclic) bond motifs is 2. The lowest BCUT2D eigenvalue weighted by atomic mass is 9.92. The lowest BCUT2D eigenvalue weighted by Crippen LogP contribution is -2.16. The summed E-state index contributed by atoms with van der Waals surface area (Å²) < 4.78 is 11.4. The van der Waals surface area contributed by atoms with Gasteiger partial charge in [0.1, 0.15) is 18.1 Å². The molecule has 1 aliphatic carbocycles. The van der Waals surface area contributed by atoms with E-state index in [4.69, 9.17) is 9.26 Å². The topological polar surface area (TPSA) is 75.8 Å². The van der Waals surface area contributed by atoms with Gasteiger partial charge in [-0.05, 0) is 58.4 Å². The average molecular weight is 481 g/mol. The number of hydrogen-bond donors (Lipinski definition) is 1. The molecule has 0 radical (unpaired) electrons. The van der Waals surface area contributed by atoms with E-state index in [0.29, 0.717) is 5.69 Å². The molecule has 3 aromatic carbocycles. The van der Waals surface area contributed by atoms with Crippen LogP contribution in [-0.2, 0) is 30.8 Å². The second-order valence-corrected chi connectivity index (χ2v) is 9.69. The van der Waals surface area contributed by atoms with Crippen LogP contribution in [0.5, 0.6) is 5.75 Å². The van der Waals surface area contributed by atoms with Crippen LogP contribution in [0.1, 0.15) is 63.9 Å². The van der Waals surface area contributed by atoms with Gasteiger partial charge in [0.2, 0.25) is 0 Å². The van der Waals surface area contributed by atoms with Crippen molar-refractivity contribution in [1.82, 2.24) is 10.1 Å². The first-order valence-corrected chi connectivity index (χ1v) is 12.4. The monoisotopic (exact) mass is 480 g/mol. The van der Waals surface area contributed by atoms with Crippen LogP contribution in [0.25, 0.3) is 0 Å². The minimum absolute atomic E-state index is 0.0203. The molecule has 6 heteroatoms. The molecule has 1 aliphatic heterocycles. The predicted octanol–water partition coefficient (Wildman–Crippen LogP) is 5.86. The van der Waals surface area contributed by atoms with Crippen molar-refractivity contribution < 1.29 is 19.2 Å². The van der Waals surface area contributed by atoms with Crippen LogP contribution in [0.4, 0.5) is 0 Å². The fraction of sp³-hybridized carbons (Fsp3) is 0.267. The Morgan fingerprint density at radius 1 is 1.03 bits per heavy atom. The van der Waals surface area contributed by atoms with E-state index >= 15 is 0 Å². The van der Waals surface area contributed by atoms with Crippen LogP contribution in [0.15, 0.2) is 83.6 Å². The van der Waals surface area contributed by atoms with Gasteiger partial charge in [-0.25, -0.2) is 0 Å². The second kappa shape index (κ2) is 9.63. The van der Waals surface area contributed by atoms with Crippen LogP contribution in [-0.4, -0.2) is 21.1 Å². The number of carboxylic acids is 1. The number of nitrogens with zero attached hydrogens (tertiary/aromatic N) is 2. The van der Waals surface area contributed by atoms with E-state index in [1.807, 2.05) is 24.3 Å². The molecule has 6 rings (SSSR count). The van der Waals surface area contributed by atoms with Gasteiger partial charge < -0.3 is 14.4 Å². The Kier molecular flexibility index (Phi) is 6.03. The number of benzene rings is 3. The van der Waals surface area contributed by atoms with Gasteiger partial charge in [-0.15, -0.1) is 0 Å². The fourth-order valence-electron chi connectivity index (χ4n) is 5.63. The number of carbonyl (C=O) groups is 1. The zero-order chi connectivity index (χ0) is 24.5. The molecular formula is C30H28N2O4. The van der Waals surface area contributed by atoms with Crippen molar-refractivity contribution in [2.75, 3.05) is 0 Å². The Hall–Kier alpha value is -3.90. The van der Waals surface area contributed by atoms with Crippen molar-refractivity contribution in [1.29, 1.82) is 0 Å². The number of rotatable bonds is 8. The maximum atomic E-state index is 11.4. The Morgan fingerprint density at radius 2 is 1.81 bits per heavy atom. The van der Waals surface area contributed by atoms with E-state index in [1.54, 1.807) is 6.07 Å². The standard InChI is InChI=1S/C30H28N2O4/c33-30(34)16-27(28-14-15-35-31-28)20-8-10-24(11-9-20)36-29-13-12-25-23(6-3-7-26(25)29)19-32-17-21-4-1-2-5-22(21)18-32/h1-11,14-15,27,29H,12-13,16-19H2,(H,33,34)/t27?,29-/m1/s1. The normalized spacial score (nSPS) is 17.5. The first-order chi connectivity index (χ1) is 17.6. The maximum absolute atomic E-state index is 11.4. The van der Waals surface area contributed by atoms with Gasteiger partial charge in [0.25, 0.3) is 0 Å². The van der Waals surface area contributed by atoms with Gasteiger partial charge in [0.15, 0.2) is 0 Å². The summed E-state index contributed by atoms with van der Waals surface area (Å²) in [4.78, 5) is 13.9. The third kappa shape index (κ3) is 4.52. The zero-order valence-corrected chi connectivity index (χ0v) is 20.0. The molecule has 36 heavy (non-hydrogen) atoms. The van der Waals surface area contributed by atoms with Crippen molar-refractivity contribution in [3.8, 4) is 5.75 Å². The Bertz CT molecular complexity index is 1340. The molecule has 0 amide bonds. The minimum Gasteiger partial charge on any atom is -0.486 e. The third-order valence-electron chi connectivity index (χ3n) is 7.37. The lowest BCUT2D eigenvalue weighted by molar-refractivity contribution is -0.137. The van der Waals surface area contributed by atoms with Gasteiger partial charge in [0, 0.05) is 31.6 Å². The molecule has 2 aliphatic rings. The molecule has 1 N–H and O–H groups in total. The van der Waals surface area contributed by atoms with Gasteiger partial charge in [0.05, 0.1) is 12.1 Å². The molecule has 0 fully saturated rings. The molecule has 0 saturated heterocycles. The predicted molar refractivity (Wildman–Crippen MR) is 135 cm³/mol. The number of aliphatic carboxylic acids is 1. The molecule has 2 atom stereocenters. The largest absolute Gasteiger partial charge is 0.486 e. The molecule has 1 aromatic heterocycles. The van der Waals surface area contributed by atoms with E-state index in [1.165, 1.54) is 34.1 Å². The van der Waals surface area contributed by atoms with Gasteiger partial charge in [-0.2, -0.15) is 0 Å². The van der Waals surface area contributed by atoms with Crippen LogP contribution < -0.4 is 4.74 Å². The SMILES string of the molecule is O=C(O)CC(c1ccc(O[C@@H]2CCc3c(CN4Cc5ccccc5C4)cccc32)cc1)c1ccon1.